The third-order valence-electron chi connectivity index (χ3n) is 3.29. The maximum Gasteiger partial charge on any atom is 0.293 e. The first kappa shape index (κ1) is 14.0. The summed E-state index contributed by atoms with van der Waals surface area (Å²) in [4.78, 5) is 28.7. The number of anilines is 1. The van der Waals surface area contributed by atoms with E-state index in [0.29, 0.717) is 23.7 Å². The van der Waals surface area contributed by atoms with Crippen LogP contribution in [0.4, 0.5) is 11.4 Å². The normalized spacial score (nSPS) is 12.3. The van der Waals surface area contributed by atoms with Crippen molar-refractivity contribution in [3.8, 4) is 0 Å². The van der Waals surface area contributed by atoms with E-state index in [9.17, 15) is 14.9 Å². The minimum atomic E-state index is -0.495. The molecule has 0 saturated carbocycles. The molecule has 2 rings (SSSR count). The first-order valence-corrected chi connectivity index (χ1v) is 6.42. The lowest BCUT2D eigenvalue weighted by Crippen LogP contribution is -2.13. The molecule has 1 atom stereocenters. The Morgan fingerprint density at radius 2 is 2.25 bits per heavy atom. The molecule has 1 aromatic carbocycles. The Balaban J connectivity index is 2.49. The van der Waals surface area contributed by atoms with Crippen LogP contribution < -0.4 is 10.9 Å². The average molecular weight is 276 g/mol. The highest BCUT2D eigenvalue weighted by molar-refractivity contribution is 5.86. The van der Waals surface area contributed by atoms with Gasteiger partial charge in [-0.05, 0) is 12.0 Å². The van der Waals surface area contributed by atoms with Crippen LogP contribution in [0.2, 0.25) is 0 Å². The summed E-state index contributed by atoms with van der Waals surface area (Å²) in [5.74, 6) is 0.400. The molecular weight excluding hydrogens is 260 g/mol. The van der Waals surface area contributed by atoms with Gasteiger partial charge < -0.3 is 10.3 Å². The number of hydrogen-bond donors (Lipinski definition) is 2. The summed E-state index contributed by atoms with van der Waals surface area (Å²) < 4.78 is 0. The standard InChI is InChI=1S/C13H16N4O3/c1-3-8(2)6-14-11-5-10-9(4-12(11)17(19)20)13(18)16-7-15-10/h4-5,7-8,14H,3,6H2,1-2H3,(H,15,16,18). The lowest BCUT2D eigenvalue weighted by Gasteiger charge is -2.12. The topological polar surface area (TPSA) is 101 Å². The van der Waals surface area contributed by atoms with Gasteiger partial charge in [-0.2, -0.15) is 0 Å². The molecule has 1 heterocycles. The predicted octanol–water partition coefficient (Wildman–Crippen LogP) is 2.29. The van der Waals surface area contributed by atoms with Gasteiger partial charge in [0.2, 0.25) is 0 Å². The molecule has 0 amide bonds. The van der Waals surface area contributed by atoms with E-state index in [1.165, 1.54) is 12.4 Å². The first-order valence-electron chi connectivity index (χ1n) is 6.42. The van der Waals surface area contributed by atoms with Gasteiger partial charge >= 0.3 is 0 Å². The van der Waals surface area contributed by atoms with Crippen molar-refractivity contribution in [3.63, 3.8) is 0 Å². The van der Waals surface area contributed by atoms with Crippen LogP contribution in [0.1, 0.15) is 20.3 Å². The van der Waals surface area contributed by atoms with Gasteiger partial charge in [0.15, 0.2) is 0 Å². The van der Waals surface area contributed by atoms with Gasteiger partial charge in [0.1, 0.15) is 5.69 Å². The van der Waals surface area contributed by atoms with E-state index in [1.54, 1.807) is 6.07 Å². The molecule has 20 heavy (non-hydrogen) atoms. The van der Waals surface area contributed by atoms with E-state index in [4.69, 9.17) is 0 Å². The third-order valence-corrected chi connectivity index (χ3v) is 3.29. The van der Waals surface area contributed by atoms with E-state index in [-0.39, 0.29) is 16.6 Å². The first-order chi connectivity index (χ1) is 9.52. The molecule has 7 nitrogen and oxygen atoms in total. The summed E-state index contributed by atoms with van der Waals surface area (Å²) in [6, 6.07) is 2.81. The predicted molar refractivity (Wildman–Crippen MR) is 77.0 cm³/mol. The number of nitrogens with zero attached hydrogens (tertiary/aromatic N) is 2. The van der Waals surface area contributed by atoms with E-state index in [0.717, 1.165) is 6.42 Å². The second-order valence-corrected chi connectivity index (χ2v) is 4.77. The summed E-state index contributed by atoms with van der Waals surface area (Å²) >= 11 is 0. The van der Waals surface area contributed by atoms with Gasteiger partial charge in [0.05, 0.1) is 22.2 Å². The largest absolute Gasteiger partial charge is 0.379 e. The van der Waals surface area contributed by atoms with Gasteiger partial charge in [0.25, 0.3) is 11.2 Å². The maximum absolute atomic E-state index is 11.6. The molecule has 0 aliphatic rings. The number of hydrogen-bond acceptors (Lipinski definition) is 5. The molecule has 0 radical (unpaired) electrons. The number of fused-ring (bicyclic) bond motifs is 1. The number of aromatic nitrogens is 2. The molecule has 106 valence electrons. The molecule has 1 unspecified atom stereocenters. The van der Waals surface area contributed by atoms with Crippen LogP contribution in [0.25, 0.3) is 10.9 Å². The Bertz CT molecular complexity index is 696. The Morgan fingerprint density at radius 1 is 1.50 bits per heavy atom. The zero-order chi connectivity index (χ0) is 14.7. The molecule has 7 heteroatoms. The number of benzene rings is 1. The van der Waals surface area contributed by atoms with Gasteiger partial charge in [0, 0.05) is 12.6 Å². The molecule has 0 fully saturated rings. The second-order valence-electron chi connectivity index (χ2n) is 4.77. The van der Waals surface area contributed by atoms with Crippen LogP contribution in [-0.4, -0.2) is 21.4 Å². The zero-order valence-electron chi connectivity index (χ0n) is 11.3. The summed E-state index contributed by atoms with van der Waals surface area (Å²) in [7, 11) is 0. The highest BCUT2D eigenvalue weighted by Crippen LogP contribution is 2.28. The van der Waals surface area contributed by atoms with Crippen molar-refractivity contribution in [1.82, 2.24) is 9.97 Å². The Hall–Kier alpha value is -2.44. The second kappa shape index (κ2) is 5.68. The Labute approximate surface area is 115 Å². The number of rotatable bonds is 5. The Kier molecular flexibility index (Phi) is 3.97. The lowest BCUT2D eigenvalue weighted by molar-refractivity contribution is -0.383. The van der Waals surface area contributed by atoms with Crippen molar-refractivity contribution in [1.29, 1.82) is 0 Å². The minimum absolute atomic E-state index is 0.112. The van der Waals surface area contributed by atoms with Crippen molar-refractivity contribution in [2.24, 2.45) is 5.92 Å². The number of nitrogens with one attached hydrogen (secondary N) is 2. The molecule has 0 saturated heterocycles. The number of H-pyrrole nitrogens is 1. The van der Waals surface area contributed by atoms with Crippen LogP contribution in [0, 0.1) is 16.0 Å². The van der Waals surface area contributed by atoms with E-state index >= 15 is 0 Å². The number of nitro benzene ring substituents is 1. The highest BCUT2D eigenvalue weighted by atomic mass is 16.6. The number of aromatic amines is 1. The van der Waals surface area contributed by atoms with Crippen molar-refractivity contribution < 1.29 is 4.92 Å². The van der Waals surface area contributed by atoms with Crippen LogP contribution in [-0.2, 0) is 0 Å². The van der Waals surface area contributed by atoms with E-state index in [1.807, 2.05) is 0 Å². The lowest BCUT2D eigenvalue weighted by atomic mass is 10.1. The Morgan fingerprint density at radius 3 is 2.90 bits per heavy atom. The van der Waals surface area contributed by atoms with Crippen molar-refractivity contribution in [2.75, 3.05) is 11.9 Å². The SMILES string of the molecule is CCC(C)CNc1cc2nc[nH]c(=O)c2cc1[N+](=O)[O-]. The molecular formula is C13H16N4O3. The molecule has 0 bridgehead atoms. The smallest absolute Gasteiger partial charge is 0.293 e. The van der Waals surface area contributed by atoms with Gasteiger partial charge in [-0.3, -0.25) is 14.9 Å². The highest BCUT2D eigenvalue weighted by Gasteiger charge is 2.17. The fourth-order valence-corrected chi connectivity index (χ4v) is 1.82. The van der Waals surface area contributed by atoms with Crippen molar-refractivity contribution >= 4 is 22.3 Å². The number of nitro groups is 1. The van der Waals surface area contributed by atoms with Crippen LogP contribution >= 0.6 is 0 Å². The van der Waals surface area contributed by atoms with Gasteiger partial charge in [-0.1, -0.05) is 20.3 Å². The third kappa shape index (κ3) is 2.76. The summed E-state index contributed by atoms with van der Waals surface area (Å²) in [5, 5.41) is 14.4. The molecule has 0 aliphatic heterocycles. The summed E-state index contributed by atoms with van der Waals surface area (Å²) in [6.45, 7) is 4.75. The van der Waals surface area contributed by atoms with Crippen LogP contribution in [0.5, 0.6) is 0 Å². The maximum atomic E-state index is 11.6. The molecule has 2 N–H and O–H groups in total. The van der Waals surface area contributed by atoms with Crippen molar-refractivity contribution in [3.05, 3.63) is 38.9 Å². The summed E-state index contributed by atoms with van der Waals surface area (Å²) in [6.07, 6.45) is 2.27. The zero-order valence-corrected chi connectivity index (χ0v) is 11.3. The molecule has 1 aromatic heterocycles. The molecule has 2 aromatic rings. The quantitative estimate of drug-likeness (QED) is 0.644. The fraction of sp³-hybridized carbons (Fsp3) is 0.385. The van der Waals surface area contributed by atoms with Crippen LogP contribution in [0.15, 0.2) is 23.3 Å². The van der Waals surface area contributed by atoms with Gasteiger partial charge in [-0.25, -0.2) is 4.98 Å². The van der Waals surface area contributed by atoms with Crippen LogP contribution in [0.3, 0.4) is 0 Å². The minimum Gasteiger partial charge on any atom is -0.379 e. The molecule has 0 spiro atoms. The monoisotopic (exact) mass is 276 g/mol. The molecule has 0 aliphatic carbocycles. The van der Waals surface area contributed by atoms with Gasteiger partial charge in [-0.15, -0.1) is 0 Å². The summed E-state index contributed by atoms with van der Waals surface area (Å²) in [5.41, 5.74) is 0.331. The van der Waals surface area contributed by atoms with E-state index in [2.05, 4.69) is 29.1 Å². The average Bonchev–Trinajstić information content (AvgIpc) is 2.44. The fourth-order valence-electron chi connectivity index (χ4n) is 1.82. The van der Waals surface area contributed by atoms with E-state index < -0.39 is 4.92 Å². The van der Waals surface area contributed by atoms with Crippen molar-refractivity contribution in [2.45, 2.75) is 20.3 Å².